The lowest BCUT2D eigenvalue weighted by molar-refractivity contribution is -0.126. The molecule has 23 heavy (non-hydrogen) atoms. The molecule has 0 radical (unpaired) electrons. The molecule has 0 N–H and O–H groups in total. The summed E-state index contributed by atoms with van der Waals surface area (Å²) in [6.45, 7) is 2.24. The lowest BCUT2D eigenvalue weighted by atomic mass is 10.0. The van der Waals surface area contributed by atoms with Gasteiger partial charge in [-0.05, 0) is 43.5 Å². The fraction of sp³-hybridized carbons (Fsp3) is 0.278. The first-order chi connectivity index (χ1) is 11.2. The van der Waals surface area contributed by atoms with Crippen molar-refractivity contribution in [1.29, 1.82) is 0 Å². The van der Waals surface area contributed by atoms with Gasteiger partial charge in [-0.2, -0.15) is 0 Å². The molecule has 5 nitrogen and oxygen atoms in total. The van der Waals surface area contributed by atoms with Gasteiger partial charge in [0.2, 0.25) is 0 Å². The van der Waals surface area contributed by atoms with Crippen LogP contribution < -0.4 is 4.90 Å². The van der Waals surface area contributed by atoms with Gasteiger partial charge >= 0.3 is 5.97 Å². The van der Waals surface area contributed by atoms with Crippen LogP contribution >= 0.6 is 0 Å². The van der Waals surface area contributed by atoms with Crippen molar-refractivity contribution < 1.29 is 14.3 Å². The molecule has 5 heteroatoms. The smallest absolute Gasteiger partial charge is 0.357 e. The zero-order valence-electron chi connectivity index (χ0n) is 12.9. The first-order valence-corrected chi connectivity index (χ1v) is 7.68. The van der Waals surface area contributed by atoms with Gasteiger partial charge in [-0.15, -0.1) is 0 Å². The van der Waals surface area contributed by atoms with Crippen molar-refractivity contribution in [3.63, 3.8) is 0 Å². The van der Waals surface area contributed by atoms with Crippen LogP contribution in [0, 0.1) is 0 Å². The van der Waals surface area contributed by atoms with Gasteiger partial charge in [-0.25, -0.2) is 9.78 Å². The molecule has 3 rings (SSSR count). The Hall–Kier alpha value is -2.69. The molecule has 0 unspecified atom stereocenters. The van der Waals surface area contributed by atoms with Gasteiger partial charge in [0.15, 0.2) is 6.10 Å². The second kappa shape index (κ2) is 6.60. The van der Waals surface area contributed by atoms with Gasteiger partial charge < -0.3 is 9.64 Å². The Morgan fingerprint density at radius 2 is 1.96 bits per heavy atom. The minimum Gasteiger partial charge on any atom is -0.448 e. The Morgan fingerprint density at radius 3 is 2.74 bits per heavy atom. The van der Waals surface area contributed by atoms with Crippen molar-refractivity contribution >= 4 is 17.6 Å². The molecule has 0 aliphatic carbocycles. The number of ether oxygens (including phenoxy) is 1. The van der Waals surface area contributed by atoms with Crippen molar-refractivity contribution in [2.24, 2.45) is 0 Å². The van der Waals surface area contributed by atoms with Crippen LogP contribution in [0.25, 0.3) is 0 Å². The minimum absolute atomic E-state index is 0.200. The molecule has 0 saturated heterocycles. The first kappa shape index (κ1) is 15.2. The number of anilines is 1. The Kier molecular flexibility index (Phi) is 4.37. The highest BCUT2D eigenvalue weighted by molar-refractivity contribution is 5.99. The number of benzene rings is 1. The number of aryl methyl sites for hydroxylation is 1. The van der Waals surface area contributed by atoms with E-state index in [2.05, 4.69) is 4.98 Å². The third-order valence-corrected chi connectivity index (χ3v) is 3.88. The molecular formula is C18H18N2O3. The molecule has 1 aliphatic rings. The van der Waals surface area contributed by atoms with Crippen LogP contribution in [0.15, 0.2) is 48.7 Å². The average molecular weight is 310 g/mol. The van der Waals surface area contributed by atoms with E-state index in [1.807, 2.05) is 24.3 Å². The topological polar surface area (TPSA) is 59.5 Å². The van der Waals surface area contributed by atoms with E-state index in [-0.39, 0.29) is 11.6 Å². The van der Waals surface area contributed by atoms with Crippen LogP contribution in [-0.2, 0) is 16.0 Å². The predicted octanol–water partition coefficient (Wildman–Crippen LogP) is 2.61. The van der Waals surface area contributed by atoms with Crippen molar-refractivity contribution in [2.45, 2.75) is 25.9 Å². The lowest BCUT2D eigenvalue weighted by Crippen LogP contribution is -2.42. The Labute approximate surface area is 134 Å². The molecular weight excluding hydrogens is 292 g/mol. The highest BCUT2D eigenvalue weighted by Crippen LogP contribution is 2.27. The van der Waals surface area contributed by atoms with Gasteiger partial charge in [0.05, 0.1) is 0 Å². The number of rotatable bonds is 3. The monoisotopic (exact) mass is 310 g/mol. The number of esters is 1. The van der Waals surface area contributed by atoms with Gasteiger partial charge in [0, 0.05) is 18.4 Å². The summed E-state index contributed by atoms with van der Waals surface area (Å²) in [5, 5.41) is 0. The van der Waals surface area contributed by atoms with Crippen LogP contribution in [0.3, 0.4) is 0 Å². The SMILES string of the molecule is C[C@H](OC(=O)c1ccccn1)C(=O)N1CCCc2ccccc21. The number of aromatic nitrogens is 1. The van der Waals surface area contributed by atoms with Gasteiger partial charge in [0.25, 0.3) is 5.91 Å². The molecule has 0 fully saturated rings. The molecule has 1 aromatic heterocycles. The fourth-order valence-electron chi connectivity index (χ4n) is 2.74. The Bertz CT molecular complexity index is 715. The zero-order chi connectivity index (χ0) is 16.2. The molecule has 1 amide bonds. The van der Waals surface area contributed by atoms with Crippen molar-refractivity contribution in [1.82, 2.24) is 4.98 Å². The standard InChI is InChI=1S/C18H18N2O3/c1-13(23-18(22)15-9-4-5-11-19-15)17(21)20-12-6-8-14-7-2-3-10-16(14)20/h2-5,7,9-11,13H,6,8,12H2,1H3/t13-/m0/s1. The molecule has 0 saturated carbocycles. The predicted molar refractivity (Wildman–Crippen MR) is 86.2 cm³/mol. The summed E-state index contributed by atoms with van der Waals surface area (Å²) in [6, 6.07) is 12.8. The molecule has 2 heterocycles. The number of para-hydroxylation sites is 1. The van der Waals surface area contributed by atoms with Gasteiger partial charge in [0.1, 0.15) is 5.69 Å². The van der Waals surface area contributed by atoms with Gasteiger partial charge in [-0.3, -0.25) is 4.79 Å². The van der Waals surface area contributed by atoms with Crippen LogP contribution in [0.2, 0.25) is 0 Å². The van der Waals surface area contributed by atoms with E-state index >= 15 is 0 Å². The summed E-state index contributed by atoms with van der Waals surface area (Å²) in [5.74, 6) is -0.793. The number of hydrogen-bond acceptors (Lipinski definition) is 4. The van der Waals surface area contributed by atoms with Crippen molar-refractivity contribution in [3.8, 4) is 0 Å². The molecule has 1 aromatic carbocycles. The van der Waals surface area contributed by atoms with E-state index in [4.69, 9.17) is 4.74 Å². The number of fused-ring (bicyclic) bond motifs is 1. The largest absolute Gasteiger partial charge is 0.448 e. The fourth-order valence-corrected chi connectivity index (χ4v) is 2.74. The minimum atomic E-state index is -0.851. The van der Waals surface area contributed by atoms with E-state index in [1.54, 1.807) is 30.0 Å². The highest BCUT2D eigenvalue weighted by atomic mass is 16.5. The second-order valence-corrected chi connectivity index (χ2v) is 5.48. The Morgan fingerprint density at radius 1 is 1.17 bits per heavy atom. The third kappa shape index (κ3) is 3.23. The normalized spacial score (nSPS) is 14.7. The van der Waals surface area contributed by atoms with Crippen LogP contribution in [0.5, 0.6) is 0 Å². The second-order valence-electron chi connectivity index (χ2n) is 5.48. The maximum atomic E-state index is 12.7. The third-order valence-electron chi connectivity index (χ3n) is 3.88. The number of carbonyl (C=O) groups excluding carboxylic acids is 2. The van der Waals surface area contributed by atoms with Crippen molar-refractivity contribution in [2.75, 3.05) is 11.4 Å². The van der Waals surface area contributed by atoms with Crippen molar-refractivity contribution in [3.05, 3.63) is 59.9 Å². The molecule has 1 aliphatic heterocycles. The Balaban J connectivity index is 1.72. The summed E-state index contributed by atoms with van der Waals surface area (Å²) in [7, 11) is 0. The van der Waals surface area contributed by atoms with E-state index in [0.29, 0.717) is 6.54 Å². The quantitative estimate of drug-likeness (QED) is 0.818. The van der Waals surface area contributed by atoms with E-state index in [0.717, 1.165) is 24.1 Å². The molecule has 0 spiro atoms. The maximum absolute atomic E-state index is 12.7. The van der Waals surface area contributed by atoms with Gasteiger partial charge in [-0.1, -0.05) is 24.3 Å². The number of carbonyl (C=O) groups is 2. The number of nitrogens with zero attached hydrogens (tertiary/aromatic N) is 2. The number of amides is 1. The van der Waals surface area contributed by atoms with Crippen LogP contribution in [0.1, 0.15) is 29.4 Å². The van der Waals surface area contributed by atoms with Crippen LogP contribution in [0.4, 0.5) is 5.69 Å². The first-order valence-electron chi connectivity index (χ1n) is 7.68. The number of pyridine rings is 1. The summed E-state index contributed by atoms with van der Waals surface area (Å²) >= 11 is 0. The van der Waals surface area contributed by atoms with E-state index in [9.17, 15) is 9.59 Å². The van der Waals surface area contributed by atoms with E-state index in [1.165, 1.54) is 6.20 Å². The summed E-state index contributed by atoms with van der Waals surface area (Å²) < 4.78 is 5.27. The summed E-state index contributed by atoms with van der Waals surface area (Å²) in [5.41, 5.74) is 2.26. The summed E-state index contributed by atoms with van der Waals surface area (Å²) in [6.07, 6.45) is 2.53. The summed E-state index contributed by atoms with van der Waals surface area (Å²) in [4.78, 5) is 30.3. The highest BCUT2D eigenvalue weighted by Gasteiger charge is 2.28. The zero-order valence-corrected chi connectivity index (χ0v) is 12.9. The maximum Gasteiger partial charge on any atom is 0.357 e. The van der Waals surface area contributed by atoms with E-state index < -0.39 is 12.1 Å². The van der Waals surface area contributed by atoms with Crippen LogP contribution in [-0.4, -0.2) is 29.5 Å². The molecule has 0 bridgehead atoms. The molecule has 2 aromatic rings. The number of hydrogen-bond donors (Lipinski definition) is 0. The average Bonchev–Trinajstić information content (AvgIpc) is 2.61. The molecule has 1 atom stereocenters. The molecule has 118 valence electrons. The lowest BCUT2D eigenvalue weighted by Gasteiger charge is -2.31.